The molecule has 0 aliphatic carbocycles. The van der Waals surface area contributed by atoms with Crippen molar-refractivity contribution in [3.8, 4) is 6.19 Å². The van der Waals surface area contributed by atoms with E-state index >= 15 is 0 Å². The molecule has 0 spiro atoms. The molecule has 40 valence electrons. The van der Waals surface area contributed by atoms with Crippen LogP contribution in [0.3, 0.4) is 0 Å². The number of halogens is 2. The first-order chi connectivity index (χ1) is 3.35. The van der Waals surface area contributed by atoms with Gasteiger partial charge in [-0.2, -0.15) is 5.26 Å². The molecule has 0 amide bonds. The summed E-state index contributed by atoms with van der Waals surface area (Å²) in [6.07, 6.45) is 1.28. The number of nitriles is 1. The van der Waals surface area contributed by atoms with Gasteiger partial charge in [0.2, 0.25) is 0 Å². The minimum atomic E-state index is -1.05. The fourth-order valence-corrected chi connectivity index (χ4v) is 0.0854. The summed E-state index contributed by atoms with van der Waals surface area (Å²) in [4.78, 5) is 0.347. The van der Waals surface area contributed by atoms with Gasteiger partial charge < -0.3 is 0 Å². The lowest BCUT2D eigenvalue weighted by molar-refractivity contribution is 0.192. The number of alkyl halides is 2. The summed E-state index contributed by atoms with van der Waals surface area (Å²) in [5.41, 5.74) is 0. The Morgan fingerprint density at radius 3 is 1.86 bits per heavy atom. The smallest absolute Gasteiger partial charge is 0.183 e. The van der Waals surface area contributed by atoms with Crippen molar-refractivity contribution >= 4 is 0 Å². The molecule has 0 aromatic rings. The van der Waals surface area contributed by atoms with Crippen molar-refractivity contribution in [2.24, 2.45) is 0 Å². The average Bonchev–Trinajstić information content (AvgIpc) is 1.72. The number of hydrogen-bond donors (Lipinski definition) is 0. The molecule has 0 N–H and O–H groups in total. The van der Waals surface area contributed by atoms with E-state index in [1.165, 1.54) is 6.19 Å². The zero-order valence-electron chi connectivity index (χ0n) is 3.56. The lowest BCUT2D eigenvalue weighted by atomic mass is 10.9. The number of hydrogen-bond acceptors (Lipinski definition) is 2. The quantitative estimate of drug-likeness (QED) is 0.293. The Balaban J connectivity index is 3.23. The highest BCUT2D eigenvalue weighted by molar-refractivity contribution is 4.65. The molecular weight excluding hydrogens is 102 g/mol. The van der Waals surface area contributed by atoms with Crippen molar-refractivity contribution in [2.75, 3.05) is 13.6 Å². The first-order valence-electron chi connectivity index (χ1n) is 1.61. The Labute approximate surface area is 40.0 Å². The van der Waals surface area contributed by atoms with E-state index in [9.17, 15) is 8.78 Å². The summed E-state index contributed by atoms with van der Waals surface area (Å²) >= 11 is 0. The van der Waals surface area contributed by atoms with Gasteiger partial charge >= 0.3 is 0 Å². The summed E-state index contributed by atoms with van der Waals surface area (Å²) in [6, 6.07) is 0. The molecular formula is C3H4F2N2. The summed E-state index contributed by atoms with van der Waals surface area (Å²) in [7, 11) is 0. The number of rotatable bonds is 2. The van der Waals surface area contributed by atoms with Crippen molar-refractivity contribution in [1.29, 1.82) is 5.26 Å². The maximum Gasteiger partial charge on any atom is 0.183 e. The third kappa shape index (κ3) is 1.93. The molecule has 0 aliphatic rings. The second kappa shape index (κ2) is 3.34. The Morgan fingerprint density at radius 2 is 1.86 bits per heavy atom. The fourth-order valence-electron chi connectivity index (χ4n) is 0.0854. The Morgan fingerprint density at radius 1 is 1.43 bits per heavy atom. The van der Waals surface area contributed by atoms with E-state index in [1.54, 1.807) is 0 Å². The minimum Gasteiger partial charge on any atom is -0.252 e. The van der Waals surface area contributed by atoms with Crippen LogP contribution >= 0.6 is 0 Å². The van der Waals surface area contributed by atoms with E-state index in [-0.39, 0.29) is 0 Å². The van der Waals surface area contributed by atoms with Crippen molar-refractivity contribution in [3.63, 3.8) is 0 Å². The van der Waals surface area contributed by atoms with Gasteiger partial charge in [-0.15, -0.1) is 0 Å². The standard InChI is InChI=1S/C3H4F2N2/c4-1-7(2-5)3-6/h1-2H2. The van der Waals surface area contributed by atoms with Gasteiger partial charge in [0.15, 0.2) is 19.8 Å². The molecule has 4 heteroatoms. The summed E-state index contributed by atoms with van der Waals surface area (Å²) < 4.78 is 22.2. The van der Waals surface area contributed by atoms with Crippen LogP contribution in [0.5, 0.6) is 0 Å². The average molecular weight is 106 g/mol. The van der Waals surface area contributed by atoms with E-state index in [0.717, 1.165) is 0 Å². The third-order valence-electron chi connectivity index (χ3n) is 0.430. The van der Waals surface area contributed by atoms with Crippen LogP contribution in [0.25, 0.3) is 0 Å². The molecule has 7 heavy (non-hydrogen) atoms. The van der Waals surface area contributed by atoms with Crippen molar-refractivity contribution < 1.29 is 8.78 Å². The highest BCUT2D eigenvalue weighted by atomic mass is 19.1. The topological polar surface area (TPSA) is 27.0 Å². The van der Waals surface area contributed by atoms with E-state index in [2.05, 4.69) is 0 Å². The van der Waals surface area contributed by atoms with Crippen LogP contribution in [0.4, 0.5) is 8.78 Å². The van der Waals surface area contributed by atoms with Gasteiger partial charge in [0.1, 0.15) is 0 Å². The summed E-state index contributed by atoms with van der Waals surface area (Å²) in [6.45, 7) is -2.10. The maximum atomic E-state index is 11.1. The van der Waals surface area contributed by atoms with Gasteiger partial charge in [0.25, 0.3) is 0 Å². The molecule has 0 radical (unpaired) electrons. The second-order valence-electron chi connectivity index (χ2n) is 0.879. The van der Waals surface area contributed by atoms with E-state index < -0.39 is 13.6 Å². The lowest BCUT2D eigenvalue weighted by Crippen LogP contribution is -2.13. The first-order valence-corrected chi connectivity index (χ1v) is 1.61. The fraction of sp³-hybridized carbons (Fsp3) is 0.667. The summed E-state index contributed by atoms with van der Waals surface area (Å²) in [5.74, 6) is 0. The molecule has 0 aliphatic heterocycles. The Kier molecular flexibility index (Phi) is 2.94. The molecule has 0 bridgehead atoms. The molecule has 0 aromatic carbocycles. The van der Waals surface area contributed by atoms with Gasteiger partial charge in [0.05, 0.1) is 0 Å². The molecule has 0 aromatic heterocycles. The van der Waals surface area contributed by atoms with Crippen LogP contribution in [0.15, 0.2) is 0 Å². The van der Waals surface area contributed by atoms with Crippen LogP contribution in [-0.2, 0) is 0 Å². The van der Waals surface area contributed by atoms with Crippen LogP contribution in [0, 0.1) is 11.5 Å². The highest BCUT2D eigenvalue weighted by Crippen LogP contribution is 1.82. The zero-order chi connectivity index (χ0) is 5.70. The van der Waals surface area contributed by atoms with Crippen molar-refractivity contribution in [1.82, 2.24) is 4.90 Å². The normalized spacial score (nSPS) is 7.57. The second-order valence-corrected chi connectivity index (χ2v) is 0.879. The minimum absolute atomic E-state index is 0.347. The van der Waals surface area contributed by atoms with Gasteiger partial charge in [-0.05, 0) is 0 Å². The van der Waals surface area contributed by atoms with Gasteiger partial charge in [0, 0.05) is 0 Å². The maximum absolute atomic E-state index is 11.1. The van der Waals surface area contributed by atoms with Crippen LogP contribution in [0.1, 0.15) is 0 Å². The monoisotopic (exact) mass is 106 g/mol. The molecule has 0 rings (SSSR count). The molecule has 0 saturated carbocycles. The zero-order valence-corrected chi connectivity index (χ0v) is 3.56. The molecule has 0 unspecified atom stereocenters. The van der Waals surface area contributed by atoms with Crippen LogP contribution in [-0.4, -0.2) is 18.5 Å². The molecule has 0 fully saturated rings. The van der Waals surface area contributed by atoms with E-state index in [1.807, 2.05) is 0 Å². The van der Waals surface area contributed by atoms with Gasteiger partial charge in [-0.3, -0.25) is 4.90 Å². The van der Waals surface area contributed by atoms with E-state index in [0.29, 0.717) is 4.90 Å². The van der Waals surface area contributed by atoms with Gasteiger partial charge in [-0.1, -0.05) is 0 Å². The largest absolute Gasteiger partial charge is 0.252 e. The molecule has 0 atom stereocenters. The molecule has 0 saturated heterocycles. The van der Waals surface area contributed by atoms with Crippen molar-refractivity contribution in [2.45, 2.75) is 0 Å². The molecule has 0 heterocycles. The van der Waals surface area contributed by atoms with Crippen molar-refractivity contribution in [3.05, 3.63) is 0 Å². The Bertz CT molecular complexity index is 73.5. The predicted octanol–water partition coefficient (Wildman–Crippen LogP) is 0.623. The Hall–Kier alpha value is -0.850. The lowest BCUT2D eigenvalue weighted by Gasteiger charge is -2.00. The third-order valence-corrected chi connectivity index (χ3v) is 0.430. The SMILES string of the molecule is N#CN(CF)CF. The highest BCUT2D eigenvalue weighted by Gasteiger charge is 1.93. The van der Waals surface area contributed by atoms with Crippen LogP contribution < -0.4 is 0 Å². The first kappa shape index (κ1) is 6.15. The molecule has 2 nitrogen and oxygen atoms in total. The summed E-state index contributed by atoms with van der Waals surface area (Å²) in [5, 5.41) is 7.72. The van der Waals surface area contributed by atoms with Gasteiger partial charge in [-0.25, -0.2) is 8.78 Å². The number of nitrogens with zero attached hydrogens (tertiary/aromatic N) is 2. The van der Waals surface area contributed by atoms with Crippen LogP contribution in [0.2, 0.25) is 0 Å². The predicted molar refractivity (Wildman–Crippen MR) is 19.4 cm³/mol. The van der Waals surface area contributed by atoms with E-state index in [4.69, 9.17) is 5.26 Å².